The average Bonchev–Trinajstić information content (AvgIpc) is 2.66. The highest BCUT2D eigenvalue weighted by Crippen LogP contribution is 2.28. The molecule has 1 atom stereocenters. The highest BCUT2D eigenvalue weighted by molar-refractivity contribution is 7.98. The van der Waals surface area contributed by atoms with Crippen molar-refractivity contribution in [3.63, 3.8) is 0 Å². The number of carbonyl (C=O) groups excluding carboxylic acids is 2. The highest BCUT2D eigenvalue weighted by atomic mass is 32.2. The Morgan fingerprint density at radius 2 is 1.77 bits per heavy atom. The van der Waals surface area contributed by atoms with Crippen molar-refractivity contribution < 1.29 is 14.7 Å². The molecule has 26 heavy (non-hydrogen) atoms. The van der Waals surface area contributed by atoms with Gasteiger partial charge in [0.2, 0.25) is 0 Å². The van der Waals surface area contributed by atoms with Gasteiger partial charge in [-0.1, -0.05) is 36.4 Å². The zero-order valence-electron chi connectivity index (χ0n) is 14.6. The predicted molar refractivity (Wildman–Crippen MR) is 103 cm³/mol. The Labute approximate surface area is 157 Å². The van der Waals surface area contributed by atoms with Crippen LogP contribution >= 0.6 is 11.8 Å². The quantitative estimate of drug-likeness (QED) is 0.570. The summed E-state index contributed by atoms with van der Waals surface area (Å²) in [6, 6.07) is 15.3. The Kier molecular flexibility index (Phi) is 5.64. The molecule has 1 aliphatic carbocycles. The lowest BCUT2D eigenvalue weighted by atomic mass is 9.80. The van der Waals surface area contributed by atoms with Crippen molar-refractivity contribution in [1.82, 2.24) is 5.32 Å². The number of aryl methyl sites for hydroxylation is 1. The molecule has 3 N–H and O–H groups in total. The third kappa shape index (κ3) is 4.26. The molecule has 2 amide bonds. The van der Waals surface area contributed by atoms with Gasteiger partial charge in [-0.15, -0.1) is 11.8 Å². The molecule has 2 aromatic rings. The second-order valence-corrected chi connectivity index (χ2v) is 7.35. The first kappa shape index (κ1) is 18.5. The molecular weight excluding hydrogens is 348 g/mol. The number of thioether (sulfide) groups is 1. The minimum absolute atomic E-state index is 0.0533. The number of anilines is 1. The Morgan fingerprint density at radius 1 is 1.08 bits per heavy atom. The molecule has 0 bridgehead atoms. The van der Waals surface area contributed by atoms with Gasteiger partial charge in [-0.2, -0.15) is 0 Å². The predicted octanol–water partition coefficient (Wildman–Crippen LogP) is 2.38. The molecule has 0 saturated heterocycles. The van der Waals surface area contributed by atoms with E-state index in [1.807, 2.05) is 36.6 Å². The van der Waals surface area contributed by atoms with Crippen molar-refractivity contribution in [2.45, 2.75) is 29.8 Å². The fraction of sp³-hybridized carbons (Fsp3) is 0.300. The van der Waals surface area contributed by atoms with Crippen LogP contribution in [0.25, 0.3) is 0 Å². The van der Waals surface area contributed by atoms with E-state index in [1.54, 1.807) is 12.1 Å². The Morgan fingerprint density at radius 3 is 2.54 bits per heavy atom. The van der Waals surface area contributed by atoms with E-state index in [0.717, 1.165) is 16.9 Å². The second kappa shape index (κ2) is 7.93. The van der Waals surface area contributed by atoms with Gasteiger partial charge in [0.15, 0.2) is 0 Å². The number of carbonyl (C=O) groups is 2. The molecule has 5 nitrogen and oxygen atoms in total. The van der Waals surface area contributed by atoms with Crippen LogP contribution in [0.3, 0.4) is 0 Å². The summed E-state index contributed by atoms with van der Waals surface area (Å²) in [5.41, 5.74) is 1.90. The van der Waals surface area contributed by atoms with E-state index >= 15 is 0 Å². The monoisotopic (exact) mass is 370 g/mol. The van der Waals surface area contributed by atoms with E-state index in [2.05, 4.69) is 16.7 Å². The zero-order valence-corrected chi connectivity index (χ0v) is 15.4. The van der Waals surface area contributed by atoms with E-state index in [4.69, 9.17) is 0 Å². The summed E-state index contributed by atoms with van der Waals surface area (Å²) >= 11 is 1.49. The van der Waals surface area contributed by atoms with Crippen LogP contribution in [0.2, 0.25) is 0 Å². The minimum Gasteiger partial charge on any atom is -0.388 e. The summed E-state index contributed by atoms with van der Waals surface area (Å²) in [7, 11) is 0. The van der Waals surface area contributed by atoms with Crippen LogP contribution in [0.1, 0.15) is 17.5 Å². The molecule has 0 fully saturated rings. The van der Waals surface area contributed by atoms with E-state index in [-0.39, 0.29) is 6.54 Å². The number of benzene rings is 2. The van der Waals surface area contributed by atoms with E-state index in [0.29, 0.717) is 18.5 Å². The molecular formula is C20H22N2O3S. The van der Waals surface area contributed by atoms with Gasteiger partial charge < -0.3 is 15.7 Å². The number of hydrogen-bond donors (Lipinski definition) is 3. The molecule has 0 spiro atoms. The van der Waals surface area contributed by atoms with Crippen molar-refractivity contribution in [2.75, 3.05) is 18.1 Å². The number of fused-ring (bicyclic) bond motifs is 1. The lowest BCUT2D eigenvalue weighted by molar-refractivity contribution is -0.136. The van der Waals surface area contributed by atoms with Crippen molar-refractivity contribution >= 4 is 29.3 Å². The summed E-state index contributed by atoms with van der Waals surface area (Å²) in [5, 5.41) is 16.0. The highest BCUT2D eigenvalue weighted by Gasteiger charge is 2.33. The van der Waals surface area contributed by atoms with Gasteiger partial charge in [-0.3, -0.25) is 9.59 Å². The molecule has 3 rings (SSSR count). The first-order valence-electron chi connectivity index (χ1n) is 8.52. The molecule has 6 heteroatoms. The summed E-state index contributed by atoms with van der Waals surface area (Å²) in [4.78, 5) is 25.2. The van der Waals surface area contributed by atoms with E-state index in [1.165, 1.54) is 17.3 Å². The van der Waals surface area contributed by atoms with Crippen LogP contribution < -0.4 is 10.6 Å². The van der Waals surface area contributed by atoms with Crippen LogP contribution in [-0.4, -0.2) is 35.3 Å². The largest absolute Gasteiger partial charge is 0.388 e. The van der Waals surface area contributed by atoms with Crippen molar-refractivity contribution in [1.29, 1.82) is 0 Å². The smallest absolute Gasteiger partial charge is 0.313 e. The summed E-state index contributed by atoms with van der Waals surface area (Å²) < 4.78 is 0. The van der Waals surface area contributed by atoms with Crippen LogP contribution in [0.15, 0.2) is 53.4 Å². The minimum atomic E-state index is -1.03. The van der Waals surface area contributed by atoms with Gasteiger partial charge in [-0.05, 0) is 42.4 Å². The topological polar surface area (TPSA) is 78.4 Å². The van der Waals surface area contributed by atoms with Gasteiger partial charge in [0.1, 0.15) is 0 Å². The third-order valence-corrected chi connectivity index (χ3v) is 5.43. The Hall–Kier alpha value is -2.31. The molecule has 0 unspecified atom stereocenters. The fourth-order valence-electron chi connectivity index (χ4n) is 3.19. The average molecular weight is 370 g/mol. The number of rotatable bonds is 4. The van der Waals surface area contributed by atoms with Gasteiger partial charge in [-0.25, -0.2) is 0 Å². The van der Waals surface area contributed by atoms with Crippen molar-refractivity contribution in [2.24, 2.45) is 0 Å². The molecule has 0 saturated carbocycles. The van der Waals surface area contributed by atoms with Crippen LogP contribution in [-0.2, 0) is 22.4 Å². The number of para-hydroxylation sites is 1. The molecule has 1 aliphatic rings. The Balaban J connectivity index is 1.57. The summed E-state index contributed by atoms with van der Waals surface area (Å²) in [6.07, 6.45) is 3.69. The van der Waals surface area contributed by atoms with Crippen LogP contribution in [0, 0.1) is 0 Å². The van der Waals surface area contributed by atoms with Crippen molar-refractivity contribution in [3.8, 4) is 0 Å². The lowest BCUT2D eigenvalue weighted by Crippen LogP contribution is -2.49. The number of nitrogens with one attached hydrogen (secondary N) is 2. The molecule has 136 valence electrons. The number of amides is 2. The Bertz CT molecular complexity index is 824. The van der Waals surface area contributed by atoms with Gasteiger partial charge in [0, 0.05) is 17.9 Å². The van der Waals surface area contributed by atoms with Crippen molar-refractivity contribution in [3.05, 3.63) is 59.7 Å². The maximum atomic E-state index is 12.1. The second-order valence-electron chi connectivity index (χ2n) is 6.51. The first-order valence-corrected chi connectivity index (χ1v) is 9.74. The lowest BCUT2D eigenvalue weighted by Gasteiger charge is -2.33. The maximum absolute atomic E-state index is 12.1. The molecule has 0 aliphatic heterocycles. The van der Waals surface area contributed by atoms with Gasteiger partial charge in [0.25, 0.3) is 0 Å². The summed E-state index contributed by atoms with van der Waals surface area (Å²) in [6.45, 7) is 0.0533. The zero-order chi connectivity index (χ0) is 18.6. The van der Waals surface area contributed by atoms with Gasteiger partial charge >= 0.3 is 11.8 Å². The summed E-state index contributed by atoms with van der Waals surface area (Å²) in [5.74, 6) is -1.47. The SMILES string of the molecule is CSc1ccccc1NC(=O)C(=O)NC[C@@]1(O)CCc2ccccc2C1. The number of hydrogen-bond acceptors (Lipinski definition) is 4. The van der Waals surface area contributed by atoms with E-state index < -0.39 is 17.4 Å². The molecule has 2 aromatic carbocycles. The standard InChI is InChI=1S/C20H22N2O3S/c1-26-17-9-5-4-8-16(17)22-19(24)18(23)21-13-20(25)11-10-14-6-2-3-7-15(14)12-20/h2-9,25H,10-13H2,1H3,(H,21,23)(H,22,24)/t20-/m1/s1. The van der Waals surface area contributed by atoms with Crippen LogP contribution in [0.4, 0.5) is 5.69 Å². The molecule has 0 aromatic heterocycles. The maximum Gasteiger partial charge on any atom is 0.313 e. The third-order valence-electron chi connectivity index (χ3n) is 4.64. The van der Waals surface area contributed by atoms with Gasteiger partial charge in [0.05, 0.1) is 11.3 Å². The fourth-order valence-corrected chi connectivity index (χ4v) is 3.74. The van der Waals surface area contributed by atoms with Crippen LogP contribution in [0.5, 0.6) is 0 Å². The molecule has 0 heterocycles. The first-order chi connectivity index (χ1) is 12.5. The van der Waals surface area contributed by atoms with E-state index in [9.17, 15) is 14.7 Å². The normalized spacial score (nSPS) is 18.7. The number of aliphatic hydroxyl groups is 1. The molecule has 0 radical (unpaired) electrons.